The summed E-state index contributed by atoms with van der Waals surface area (Å²) in [5, 5.41) is 15.0. The molecule has 1 saturated heterocycles. The van der Waals surface area contributed by atoms with Gasteiger partial charge in [-0.15, -0.1) is 0 Å². The van der Waals surface area contributed by atoms with E-state index in [1.165, 1.54) is 0 Å². The Hall–Kier alpha value is -3.37. The lowest BCUT2D eigenvalue weighted by Crippen LogP contribution is -2.39. The molecule has 3 aromatic heterocycles. The normalized spacial score (nSPS) is 14.7. The molecular formula is C21H20Cl2N8O2. The molecule has 0 spiro atoms. The van der Waals surface area contributed by atoms with Crippen LogP contribution in [-0.2, 0) is 6.54 Å². The highest BCUT2D eigenvalue weighted by atomic mass is 35.5. The van der Waals surface area contributed by atoms with E-state index in [0.717, 1.165) is 5.56 Å². The van der Waals surface area contributed by atoms with Crippen molar-refractivity contribution in [2.45, 2.75) is 25.4 Å². The fourth-order valence-electron chi connectivity index (χ4n) is 4.03. The van der Waals surface area contributed by atoms with Crippen LogP contribution in [0.25, 0.3) is 11.0 Å². The molecule has 0 atom stereocenters. The van der Waals surface area contributed by atoms with Gasteiger partial charge in [0.1, 0.15) is 11.2 Å². The number of benzene rings is 1. The topological polar surface area (TPSA) is 125 Å². The molecule has 1 aliphatic rings. The molecule has 12 heteroatoms. The van der Waals surface area contributed by atoms with Gasteiger partial charge in [-0.25, -0.2) is 4.98 Å². The summed E-state index contributed by atoms with van der Waals surface area (Å²) in [6.45, 7) is 1.55. The highest BCUT2D eigenvalue weighted by Crippen LogP contribution is 2.26. The number of nitrogens with one attached hydrogen (secondary N) is 3. The predicted molar refractivity (Wildman–Crippen MR) is 125 cm³/mol. The first-order valence-corrected chi connectivity index (χ1v) is 11.2. The van der Waals surface area contributed by atoms with E-state index in [9.17, 15) is 9.59 Å². The van der Waals surface area contributed by atoms with Crippen molar-refractivity contribution in [2.75, 3.05) is 18.4 Å². The summed E-state index contributed by atoms with van der Waals surface area (Å²) in [6, 6.07) is 6.99. The summed E-state index contributed by atoms with van der Waals surface area (Å²) in [7, 11) is 0. The number of rotatable bonds is 5. The van der Waals surface area contributed by atoms with Crippen LogP contribution in [0.4, 0.5) is 5.95 Å². The molecule has 5 rings (SSSR count). The van der Waals surface area contributed by atoms with Crippen molar-refractivity contribution in [2.24, 2.45) is 0 Å². The number of aromatic nitrogens is 6. The second kappa shape index (κ2) is 8.87. The van der Waals surface area contributed by atoms with Crippen molar-refractivity contribution in [3.05, 3.63) is 68.3 Å². The number of amides is 1. The van der Waals surface area contributed by atoms with Crippen LogP contribution in [0.3, 0.4) is 0 Å². The van der Waals surface area contributed by atoms with E-state index in [2.05, 4.69) is 30.6 Å². The molecule has 33 heavy (non-hydrogen) atoms. The molecule has 1 fully saturated rings. The number of likely N-dealkylation sites (tertiary alicyclic amines) is 1. The Bertz CT molecular complexity index is 1360. The summed E-state index contributed by atoms with van der Waals surface area (Å²) >= 11 is 12.0. The molecule has 0 aliphatic carbocycles. The maximum absolute atomic E-state index is 12.9. The number of aromatic amines is 2. The summed E-state index contributed by atoms with van der Waals surface area (Å²) in [4.78, 5) is 34.4. The maximum Gasteiger partial charge on any atom is 0.278 e. The van der Waals surface area contributed by atoms with E-state index in [4.69, 9.17) is 23.2 Å². The molecule has 0 saturated carbocycles. The van der Waals surface area contributed by atoms with Crippen LogP contribution in [0.5, 0.6) is 0 Å². The van der Waals surface area contributed by atoms with Gasteiger partial charge in [0.15, 0.2) is 5.52 Å². The number of piperidine rings is 1. The molecule has 0 bridgehead atoms. The van der Waals surface area contributed by atoms with Gasteiger partial charge in [0.05, 0.1) is 22.3 Å². The molecule has 4 aromatic rings. The number of nitrogens with zero attached hydrogens (tertiary/aromatic N) is 5. The van der Waals surface area contributed by atoms with E-state index < -0.39 is 0 Å². The van der Waals surface area contributed by atoms with Crippen molar-refractivity contribution >= 4 is 46.1 Å². The Balaban J connectivity index is 1.29. The van der Waals surface area contributed by atoms with Crippen LogP contribution in [0, 0.1) is 0 Å². The Labute approximate surface area is 197 Å². The van der Waals surface area contributed by atoms with E-state index in [0.29, 0.717) is 65.2 Å². The molecule has 0 radical (unpaired) electrons. The van der Waals surface area contributed by atoms with E-state index >= 15 is 0 Å². The molecule has 1 aliphatic heterocycles. The second-order valence-corrected chi connectivity index (χ2v) is 8.65. The first kappa shape index (κ1) is 21.5. The number of hydrogen-bond donors (Lipinski definition) is 3. The zero-order valence-electron chi connectivity index (χ0n) is 17.4. The van der Waals surface area contributed by atoms with Crippen molar-refractivity contribution in [1.29, 1.82) is 0 Å². The standard InChI is InChI=1S/C21H20Cl2N8O2/c22-14-2-1-12(9-15(14)23)10-24-21-27-17-11-26-31(18(17)19(32)28-21)13-4-7-30(8-5-13)20(33)16-3-6-25-29-16/h1-3,6,9,11,13H,4-5,7-8,10H2,(H,25,29)(H2,24,27,28,32). The molecule has 4 heterocycles. The third-order valence-electron chi connectivity index (χ3n) is 5.73. The number of halogens is 2. The first-order chi connectivity index (χ1) is 16.0. The van der Waals surface area contributed by atoms with Gasteiger partial charge in [0, 0.05) is 25.8 Å². The number of anilines is 1. The fourth-order valence-corrected chi connectivity index (χ4v) is 4.35. The van der Waals surface area contributed by atoms with Gasteiger partial charge < -0.3 is 10.2 Å². The lowest BCUT2D eigenvalue weighted by Gasteiger charge is -2.31. The molecule has 0 unspecified atom stereocenters. The first-order valence-electron chi connectivity index (χ1n) is 10.4. The number of H-pyrrole nitrogens is 2. The van der Waals surface area contributed by atoms with Gasteiger partial charge in [-0.1, -0.05) is 29.3 Å². The number of carbonyl (C=O) groups is 1. The number of carbonyl (C=O) groups excluding carboxylic acids is 1. The zero-order valence-corrected chi connectivity index (χ0v) is 18.9. The quantitative estimate of drug-likeness (QED) is 0.397. The molecule has 1 aromatic carbocycles. The van der Waals surface area contributed by atoms with E-state index in [1.807, 2.05) is 6.07 Å². The highest BCUT2D eigenvalue weighted by Gasteiger charge is 2.27. The molecule has 10 nitrogen and oxygen atoms in total. The van der Waals surface area contributed by atoms with Crippen LogP contribution in [0.2, 0.25) is 10.0 Å². The van der Waals surface area contributed by atoms with Gasteiger partial charge in [0.25, 0.3) is 11.5 Å². The second-order valence-electron chi connectivity index (χ2n) is 7.83. The molecular weight excluding hydrogens is 467 g/mol. The largest absolute Gasteiger partial charge is 0.352 e. The predicted octanol–water partition coefficient (Wildman–Crippen LogP) is 3.24. The lowest BCUT2D eigenvalue weighted by molar-refractivity contribution is 0.0685. The van der Waals surface area contributed by atoms with Gasteiger partial charge in [0.2, 0.25) is 5.95 Å². The summed E-state index contributed by atoms with van der Waals surface area (Å²) < 4.78 is 1.72. The minimum absolute atomic E-state index is 0.00577. The third kappa shape index (κ3) is 4.31. The number of fused-ring (bicyclic) bond motifs is 1. The Morgan fingerprint density at radius 3 is 2.73 bits per heavy atom. The SMILES string of the molecule is O=C(c1ccn[nH]1)N1CCC(n2ncc3nc(NCc4ccc(Cl)c(Cl)c4)[nH]c(=O)c32)CC1. The maximum atomic E-state index is 12.9. The van der Waals surface area contributed by atoms with Crippen molar-refractivity contribution in [3.63, 3.8) is 0 Å². The van der Waals surface area contributed by atoms with Crippen molar-refractivity contribution < 1.29 is 4.79 Å². The van der Waals surface area contributed by atoms with Crippen LogP contribution < -0.4 is 10.9 Å². The Kier molecular flexibility index (Phi) is 5.77. The minimum Gasteiger partial charge on any atom is -0.352 e. The zero-order chi connectivity index (χ0) is 22.9. The third-order valence-corrected chi connectivity index (χ3v) is 6.47. The average Bonchev–Trinajstić information content (AvgIpc) is 3.50. The molecule has 170 valence electrons. The van der Waals surface area contributed by atoms with Gasteiger partial charge in [-0.2, -0.15) is 10.2 Å². The van der Waals surface area contributed by atoms with Crippen LogP contribution in [0.1, 0.15) is 34.9 Å². The van der Waals surface area contributed by atoms with Crippen LogP contribution in [-0.4, -0.2) is 53.8 Å². The monoisotopic (exact) mass is 486 g/mol. The average molecular weight is 487 g/mol. The van der Waals surface area contributed by atoms with Gasteiger partial charge in [-0.3, -0.25) is 24.4 Å². The van der Waals surface area contributed by atoms with Crippen molar-refractivity contribution in [3.8, 4) is 0 Å². The highest BCUT2D eigenvalue weighted by molar-refractivity contribution is 6.42. The van der Waals surface area contributed by atoms with Gasteiger partial charge in [-0.05, 0) is 36.6 Å². The Morgan fingerprint density at radius 1 is 1.18 bits per heavy atom. The Morgan fingerprint density at radius 2 is 2.00 bits per heavy atom. The molecule has 3 N–H and O–H groups in total. The summed E-state index contributed by atoms with van der Waals surface area (Å²) in [6.07, 6.45) is 4.53. The fraction of sp³-hybridized carbons (Fsp3) is 0.286. The van der Waals surface area contributed by atoms with Gasteiger partial charge >= 0.3 is 0 Å². The minimum atomic E-state index is -0.273. The smallest absolute Gasteiger partial charge is 0.278 e. The lowest BCUT2D eigenvalue weighted by atomic mass is 10.0. The molecule has 1 amide bonds. The van der Waals surface area contributed by atoms with Crippen LogP contribution in [0.15, 0.2) is 41.5 Å². The van der Waals surface area contributed by atoms with E-state index in [1.54, 1.807) is 40.2 Å². The number of hydrogen-bond acceptors (Lipinski definition) is 6. The van der Waals surface area contributed by atoms with Crippen molar-refractivity contribution in [1.82, 2.24) is 34.8 Å². The van der Waals surface area contributed by atoms with E-state index in [-0.39, 0.29) is 17.5 Å². The summed E-state index contributed by atoms with van der Waals surface area (Å²) in [5.74, 6) is 0.270. The van der Waals surface area contributed by atoms with Crippen LogP contribution >= 0.6 is 23.2 Å². The summed E-state index contributed by atoms with van der Waals surface area (Å²) in [5.41, 5.74) is 2.03.